The van der Waals surface area contributed by atoms with Crippen LogP contribution >= 0.6 is 0 Å². The summed E-state index contributed by atoms with van der Waals surface area (Å²) >= 11 is 0. The fourth-order valence-corrected chi connectivity index (χ4v) is 3.86. The van der Waals surface area contributed by atoms with Crippen molar-refractivity contribution in [3.63, 3.8) is 0 Å². The Balaban J connectivity index is 1.78. The lowest BCUT2D eigenvalue weighted by Gasteiger charge is -2.18. The van der Waals surface area contributed by atoms with E-state index in [1.54, 1.807) is 33.3 Å². The van der Waals surface area contributed by atoms with Crippen molar-refractivity contribution in [2.24, 2.45) is 11.7 Å². The number of fused-ring (bicyclic) bond motifs is 1. The van der Waals surface area contributed by atoms with Gasteiger partial charge >= 0.3 is 0 Å². The maximum atomic E-state index is 12.3. The van der Waals surface area contributed by atoms with Crippen LogP contribution in [0.2, 0.25) is 0 Å². The first kappa shape index (κ1) is 21.5. The molecule has 1 aliphatic rings. The van der Waals surface area contributed by atoms with E-state index >= 15 is 0 Å². The molecular weight excluding hydrogens is 406 g/mol. The molecule has 1 aromatic heterocycles. The molecule has 4 rings (SSSR count). The third-order valence-corrected chi connectivity index (χ3v) is 5.86. The molecule has 1 fully saturated rings. The predicted octanol–water partition coefficient (Wildman–Crippen LogP) is 3.32. The summed E-state index contributed by atoms with van der Waals surface area (Å²) in [5.74, 6) is 0.459. The lowest BCUT2D eigenvalue weighted by molar-refractivity contribution is 0.0827. The number of amides is 2. The van der Waals surface area contributed by atoms with Gasteiger partial charge in [0.1, 0.15) is 5.75 Å². The van der Waals surface area contributed by atoms with Crippen molar-refractivity contribution < 1.29 is 14.3 Å². The molecule has 8 nitrogen and oxygen atoms in total. The van der Waals surface area contributed by atoms with Crippen molar-refractivity contribution in [1.29, 1.82) is 0 Å². The number of carbonyl (C=O) groups is 2. The van der Waals surface area contributed by atoms with Gasteiger partial charge in [-0.3, -0.25) is 9.59 Å². The number of hydrogen-bond acceptors (Lipinski definition) is 6. The predicted molar refractivity (Wildman–Crippen MR) is 124 cm³/mol. The van der Waals surface area contributed by atoms with Crippen LogP contribution in [-0.2, 0) is 0 Å². The smallest absolute Gasteiger partial charge is 0.271 e. The Kier molecular flexibility index (Phi) is 5.69. The first-order chi connectivity index (χ1) is 15.3. The van der Waals surface area contributed by atoms with Crippen LogP contribution in [-0.4, -0.2) is 54.2 Å². The third kappa shape index (κ3) is 4.08. The van der Waals surface area contributed by atoms with Crippen LogP contribution in [0.5, 0.6) is 5.75 Å². The van der Waals surface area contributed by atoms with E-state index in [0.29, 0.717) is 28.4 Å². The van der Waals surface area contributed by atoms with E-state index < -0.39 is 5.91 Å². The van der Waals surface area contributed by atoms with E-state index in [1.165, 1.54) is 17.7 Å². The van der Waals surface area contributed by atoms with E-state index in [-0.39, 0.29) is 17.6 Å². The molecular formula is C24H27N5O3. The highest BCUT2D eigenvalue weighted by Gasteiger charge is 2.29. The fourth-order valence-electron chi connectivity index (χ4n) is 3.86. The number of hydrogen-bond donors (Lipinski definition) is 2. The number of primary amides is 1. The van der Waals surface area contributed by atoms with Gasteiger partial charge in [0.2, 0.25) is 0 Å². The van der Waals surface area contributed by atoms with Gasteiger partial charge in [0.05, 0.1) is 18.3 Å². The average molecular weight is 434 g/mol. The Morgan fingerprint density at radius 1 is 1.16 bits per heavy atom. The van der Waals surface area contributed by atoms with E-state index in [4.69, 9.17) is 10.5 Å². The van der Waals surface area contributed by atoms with Crippen LogP contribution in [0.15, 0.2) is 36.4 Å². The summed E-state index contributed by atoms with van der Waals surface area (Å²) in [5.41, 5.74) is 9.19. The standard InChI is InChI=1S/C24H27N5O3/c1-13(14-5-6-14)26-21-18-10-7-15(11-19(18)27-28-22(21)23(25)30)17-9-8-16(12-20(17)32-4)24(31)29(2)3/h7-14H,5-6H2,1-4H3,(H2,25,30)(H,26,27). The SMILES string of the molecule is COc1cc(C(=O)N(C)C)ccc1-c1ccc2c(NC(C)C3CC3)c(C(N)=O)nnc2c1. The van der Waals surface area contributed by atoms with Crippen molar-refractivity contribution >= 4 is 28.4 Å². The van der Waals surface area contributed by atoms with Gasteiger partial charge in [-0.15, -0.1) is 10.2 Å². The Hall–Kier alpha value is -3.68. The van der Waals surface area contributed by atoms with Crippen molar-refractivity contribution in [3.8, 4) is 16.9 Å². The molecule has 3 N–H and O–H groups in total. The number of ether oxygens (including phenoxy) is 1. The molecule has 0 saturated heterocycles. The van der Waals surface area contributed by atoms with Crippen LogP contribution in [0.25, 0.3) is 22.0 Å². The summed E-state index contributed by atoms with van der Waals surface area (Å²) in [6.45, 7) is 2.10. The molecule has 1 unspecified atom stereocenters. The molecule has 1 aliphatic carbocycles. The molecule has 1 saturated carbocycles. The molecule has 8 heteroatoms. The monoisotopic (exact) mass is 433 g/mol. The van der Waals surface area contributed by atoms with Gasteiger partial charge in [0.15, 0.2) is 5.69 Å². The van der Waals surface area contributed by atoms with Crippen molar-refractivity contribution in [1.82, 2.24) is 15.1 Å². The minimum Gasteiger partial charge on any atom is -0.496 e. The largest absolute Gasteiger partial charge is 0.496 e. The third-order valence-electron chi connectivity index (χ3n) is 5.86. The van der Waals surface area contributed by atoms with Crippen LogP contribution < -0.4 is 15.8 Å². The number of rotatable bonds is 7. The second-order valence-electron chi connectivity index (χ2n) is 8.40. The van der Waals surface area contributed by atoms with E-state index in [9.17, 15) is 9.59 Å². The number of nitrogens with one attached hydrogen (secondary N) is 1. The fraction of sp³-hybridized carbons (Fsp3) is 0.333. The topological polar surface area (TPSA) is 110 Å². The van der Waals surface area contributed by atoms with Gasteiger partial charge < -0.3 is 20.7 Å². The molecule has 0 spiro atoms. The molecule has 2 amide bonds. The van der Waals surface area contributed by atoms with Crippen LogP contribution in [0.1, 0.15) is 40.6 Å². The van der Waals surface area contributed by atoms with Gasteiger partial charge in [-0.25, -0.2) is 0 Å². The van der Waals surface area contributed by atoms with E-state index in [2.05, 4.69) is 22.4 Å². The number of anilines is 1. The summed E-state index contributed by atoms with van der Waals surface area (Å²) < 4.78 is 5.56. The molecule has 0 aliphatic heterocycles. The van der Waals surface area contributed by atoms with Gasteiger partial charge in [0, 0.05) is 36.7 Å². The summed E-state index contributed by atoms with van der Waals surface area (Å²) in [4.78, 5) is 25.8. The molecule has 1 atom stereocenters. The summed E-state index contributed by atoms with van der Waals surface area (Å²) in [7, 11) is 4.99. The number of benzene rings is 2. The highest BCUT2D eigenvalue weighted by atomic mass is 16.5. The van der Waals surface area contributed by atoms with E-state index in [0.717, 1.165) is 16.5 Å². The van der Waals surface area contributed by atoms with Crippen LogP contribution in [0, 0.1) is 5.92 Å². The first-order valence-electron chi connectivity index (χ1n) is 10.6. The first-order valence-corrected chi connectivity index (χ1v) is 10.6. The second-order valence-corrected chi connectivity index (χ2v) is 8.40. The maximum Gasteiger partial charge on any atom is 0.271 e. The molecule has 1 heterocycles. The summed E-state index contributed by atoms with van der Waals surface area (Å²) in [6, 6.07) is 11.3. The van der Waals surface area contributed by atoms with Gasteiger partial charge in [-0.2, -0.15) is 0 Å². The lowest BCUT2D eigenvalue weighted by Crippen LogP contribution is -2.23. The Labute approximate surface area is 186 Å². The lowest BCUT2D eigenvalue weighted by atomic mass is 9.99. The number of nitrogens with two attached hydrogens (primary N) is 1. The number of nitrogens with zero attached hydrogens (tertiary/aromatic N) is 3. The zero-order valence-corrected chi connectivity index (χ0v) is 18.7. The van der Waals surface area contributed by atoms with Gasteiger partial charge in [-0.1, -0.05) is 6.07 Å². The quantitative estimate of drug-likeness (QED) is 0.591. The Morgan fingerprint density at radius 2 is 1.91 bits per heavy atom. The number of carbonyl (C=O) groups excluding carboxylic acids is 2. The average Bonchev–Trinajstić information content (AvgIpc) is 3.63. The minimum atomic E-state index is -0.614. The second kappa shape index (κ2) is 8.45. The Bertz CT molecular complexity index is 1200. The molecule has 0 radical (unpaired) electrons. The minimum absolute atomic E-state index is 0.0984. The highest BCUT2D eigenvalue weighted by molar-refractivity contribution is 6.05. The van der Waals surface area contributed by atoms with Crippen molar-refractivity contribution in [2.45, 2.75) is 25.8 Å². The van der Waals surface area contributed by atoms with Gasteiger partial charge in [-0.05, 0) is 61.6 Å². The molecule has 0 bridgehead atoms. The molecule has 32 heavy (non-hydrogen) atoms. The maximum absolute atomic E-state index is 12.3. The number of aromatic nitrogens is 2. The van der Waals surface area contributed by atoms with Crippen LogP contribution in [0.4, 0.5) is 5.69 Å². The Morgan fingerprint density at radius 3 is 2.53 bits per heavy atom. The molecule has 3 aromatic rings. The van der Waals surface area contributed by atoms with E-state index in [1.807, 2.05) is 24.3 Å². The molecule has 166 valence electrons. The highest BCUT2D eigenvalue weighted by Crippen LogP contribution is 2.37. The van der Waals surface area contributed by atoms with Gasteiger partial charge in [0.25, 0.3) is 11.8 Å². The normalized spacial score (nSPS) is 14.1. The summed E-state index contributed by atoms with van der Waals surface area (Å²) in [6.07, 6.45) is 2.35. The van der Waals surface area contributed by atoms with Crippen molar-refractivity contribution in [3.05, 3.63) is 47.7 Å². The summed E-state index contributed by atoms with van der Waals surface area (Å²) in [5, 5.41) is 12.6. The zero-order chi connectivity index (χ0) is 23.0. The number of methoxy groups -OCH3 is 1. The van der Waals surface area contributed by atoms with Crippen LogP contribution in [0.3, 0.4) is 0 Å². The zero-order valence-electron chi connectivity index (χ0n) is 18.7. The molecule has 2 aromatic carbocycles. The van der Waals surface area contributed by atoms with Crippen molar-refractivity contribution in [2.75, 3.05) is 26.5 Å².